The van der Waals surface area contributed by atoms with Gasteiger partial charge >= 0.3 is 0 Å². The molecule has 0 spiro atoms. The Morgan fingerprint density at radius 2 is 1.85 bits per heavy atom. The van der Waals surface area contributed by atoms with Gasteiger partial charge in [-0.05, 0) is 43.4 Å². The second-order valence-corrected chi connectivity index (χ2v) is 7.36. The molecular weight excluding hydrogens is 348 g/mol. The van der Waals surface area contributed by atoms with Crippen molar-refractivity contribution >= 4 is 11.8 Å². The second-order valence-electron chi connectivity index (χ2n) is 7.36. The molecule has 0 bridgehead atoms. The van der Waals surface area contributed by atoms with Crippen LogP contribution in [-0.4, -0.2) is 67.8 Å². The van der Waals surface area contributed by atoms with Crippen molar-refractivity contribution in [3.05, 3.63) is 23.8 Å². The number of morpholine rings is 1. The maximum absolute atomic E-state index is 12.9. The number of benzene rings is 1. The lowest BCUT2D eigenvalue weighted by atomic mass is 9.92. The van der Waals surface area contributed by atoms with Crippen molar-refractivity contribution in [3.63, 3.8) is 0 Å². The summed E-state index contributed by atoms with van der Waals surface area (Å²) in [6.45, 7) is 4.33. The summed E-state index contributed by atoms with van der Waals surface area (Å²) >= 11 is 0. The number of piperidine rings is 1. The topological polar surface area (TPSA) is 68.3 Å². The van der Waals surface area contributed by atoms with Crippen molar-refractivity contribution in [3.8, 4) is 11.5 Å². The fraction of sp³-hybridized carbons (Fsp3) is 0.600. The largest absolute Gasteiger partial charge is 0.454 e. The Hall–Kier alpha value is -2.28. The van der Waals surface area contributed by atoms with Crippen LogP contribution in [-0.2, 0) is 9.53 Å². The van der Waals surface area contributed by atoms with Gasteiger partial charge in [0.2, 0.25) is 12.7 Å². The van der Waals surface area contributed by atoms with Gasteiger partial charge in [-0.1, -0.05) is 0 Å². The molecule has 0 unspecified atom stereocenters. The molecule has 3 heterocycles. The quantitative estimate of drug-likeness (QED) is 0.805. The number of nitrogens with zero attached hydrogens (tertiary/aromatic N) is 2. The Balaban J connectivity index is 1.31. The lowest BCUT2D eigenvalue weighted by molar-refractivity contribution is -0.135. The van der Waals surface area contributed by atoms with Gasteiger partial charge in [-0.2, -0.15) is 0 Å². The van der Waals surface area contributed by atoms with Gasteiger partial charge in [-0.25, -0.2) is 0 Å². The normalized spacial score (nSPS) is 22.0. The monoisotopic (exact) mass is 374 g/mol. The summed E-state index contributed by atoms with van der Waals surface area (Å²) in [5, 5.41) is 0. The first-order valence-corrected chi connectivity index (χ1v) is 9.75. The van der Waals surface area contributed by atoms with Gasteiger partial charge in [-0.15, -0.1) is 0 Å². The van der Waals surface area contributed by atoms with Gasteiger partial charge < -0.3 is 24.0 Å². The van der Waals surface area contributed by atoms with Crippen LogP contribution in [0.25, 0.3) is 0 Å². The van der Waals surface area contributed by atoms with Crippen molar-refractivity contribution in [2.45, 2.75) is 25.7 Å². The smallest absolute Gasteiger partial charge is 0.254 e. The van der Waals surface area contributed by atoms with Gasteiger partial charge in [-0.3, -0.25) is 9.59 Å². The zero-order chi connectivity index (χ0) is 18.6. The Labute approximate surface area is 159 Å². The highest BCUT2D eigenvalue weighted by molar-refractivity contribution is 5.95. The molecule has 7 nitrogen and oxygen atoms in total. The molecule has 0 radical (unpaired) electrons. The van der Waals surface area contributed by atoms with E-state index < -0.39 is 0 Å². The third-order valence-corrected chi connectivity index (χ3v) is 5.56. The van der Waals surface area contributed by atoms with Crippen molar-refractivity contribution < 1.29 is 23.8 Å². The van der Waals surface area contributed by atoms with Crippen molar-refractivity contribution in [1.82, 2.24) is 9.80 Å². The minimum Gasteiger partial charge on any atom is -0.454 e. The number of hydrogen-bond acceptors (Lipinski definition) is 5. The van der Waals surface area contributed by atoms with Gasteiger partial charge in [0.25, 0.3) is 5.91 Å². The summed E-state index contributed by atoms with van der Waals surface area (Å²) in [5.74, 6) is 1.92. The molecule has 0 N–H and O–H groups in total. The SMILES string of the molecule is O=C(CC[C@@H]1CCCN(C(=O)c2ccc3c(c2)OCO3)C1)N1CCOCC1. The first-order valence-electron chi connectivity index (χ1n) is 9.75. The number of ether oxygens (including phenoxy) is 3. The lowest BCUT2D eigenvalue weighted by Crippen LogP contribution is -2.42. The average Bonchev–Trinajstić information content (AvgIpc) is 3.20. The number of carbonyl (C=O) groups excluding carboxylic acids is 2. The van der Waals surface area contributed by atoms with Crippen LogP contribution in [0.4, 0.5) is 0 Å². The molecule has 1 atom stereocenters. The second kappa shape index (κ2) is 8.17. The molecule has 1 aromatic carbocycles. The van der Waals surface area contributed by atoms with E-state index in [4.69, 9.17) is 14.2 Å². The summed E-state index contributed by atoms with van der Waals surface area (Å²) < 4.78 is 16.0. The first kappa shape index (κ1) is 18.1. The molecule has 1 aromatic rings. The maximum atomic E-state index is 12.9. The number of hydrogen-bond donors (Lipinski definition) is 0. The molecule has 2 fully saturated rings. The first-order chi connectivity index (χ1) is 13.2. The maximum Gasteiger partial charge on any atom is 0.254 e. The Bertz CT molecular complexity index is 702. The number of amides is 2. The van der Waals surface area contributed by atoms with E-state index in [-0.39, 0.29) is 18.6 Å². The van der Waals surface area contributed by atoms with Crippen LogP contribution in [0.2, 0.25) is 0 Å². The van der Waals surface area contributed by atoms with Crippen LogP contribution >= 0.6 is 0 Å². The highest BCUT2D eigenvalue weighted by Crippen LogP contribution is 2.33. The van der Waals surface area contributed by atoms with Gasteiger partial charge in [0.1, 0.15) is 0 Å². The van der Waals surface area contributed by atoms with Crippen LogP contribution in [0.15, 0.2) is 18.2 Å². The van der Waals surface area contributed by atoms with E-state index in [0.29, 0.717) is 62.2 Å². The molecule has 3 aliphatic rings. The van der Waals surface area contributed by atoms with E-state index >= 15 is 0 Å². The summed E-state index contributed by atoms with van der Waals surface area (Å²) in [6.07, 6.45) is 3.44. The predicted molar refractivity (Wildman–Crippen MR) is 97.8 cm³/mol. The van der Waals surface area contributed by atoms with Crippen molar-refractivity contribution in [1.29, 1.82) is 0 Å². The zero-order valence-corrected chi connectivity index (χ0v) is 15.5. The number of carbonyl (C=O) groups is 2. The number of fused-ring (bicyclic) bond motifs is 1. The van der Waals surface area contributed by atoms with E-state index in [1.54, 1.807) is 18.2 Å². The minimum absolute atomic E-state index is 0.0255. The fourth-order valence-electron chi connectivity index (χ4n) is 4.00. The molecule has 0 saturated carbocycles. The summed E-state index contributed by atoms with van der Waals surface area (Å²) in [5.41, 5.74) is 0.629. The molecule has 4 rings (SSSR count). The van der Waals surface area contributed by atoms with Gasteiger partial charge in [0.15, 0.2) is 11.5 Å². The summed E-state index contributed by atoms with van der Waals surface area (Å²) in [4.78, 5) is 29.0. The van der Waals surface area contributed by atoms with Gasteiger partial charge in [0, 0.05) is 38.2 Å². The highest BCUT2D eigenvalue weighted by atomic mass is 16.7. The highest BCUT2D eigenvalue weighted by Gasteiger charge is 2.27. The van der Waals surface area contributed by atoms with E-state index in [0.717, 1.165) is 25.8 Å². The van der Waals surface area contributed by atoms with Crippen LogP contribution in [0.3, 0.4) is 0 Å². The Morgan fingerprint density at radius 1 is 1.04 bits per heavy atom. The van der Waals surface area contributed by atoms with E-state index in [2.05, 4.69) is 0 Å². The van der Waals surface area contributed by atoms with Crippen LogP contribution in [0.5, 0.6) is 11.5 Å². The molecule has 146 valence electrons. The van der Waals surface area contributed by atoms with Crippen molar-refractivity contribution in [2.75, 3.05) is 46.2 Å². The van der Waals surface area contributed by atoms with Crippen LogP contribution in [0.1, 0.15) is 36.0 Å². The van der Waals surface area contributed by atoms with Crippen LogP contribution in [0, 0.1) is 5.92 Å². The van der Waals surface area contributed by atoms with Crippen LogP contribution < -0.4 is 9.47 Å². The molecule has 7 heteroatoms. The molecule has 27 heavy (non-hydrogen) atoms. The average molecular weight is 374 g/mol. The molecule has 3 aliphatic heterocycles. The van der Waals surface area contributed by atoms with Gasteiger partial charge in [0.05, 0.1) is 13.2 Å². The summed E-state index contributed by atoms with van der Waals surface area (Å²) in [7, 11) is 0. The predicted octanol–water partition coefficient (Wildman–Crippen LogP) is 1.91. The lowest BCUT2D eigenvalue weighted by Gasteiger charge is -2.33. The number of rotatable bonds is 4. The standard InChI is InChI=1S/C20H26N2O5/c23-19(21-8-10-25-11-9-21)6-3-15-2-1-7-22(13-15)20(24)16-4-5-17-18(12-16)27-14-26-17/h4-5,12,15H,1-3,6-11,13-14H2/t15-/m0/s1. The van der Waals surface area contributed by atoms with E-state index in [9.17, 15) is 9.59 Å². The Morgan fingerprint density at radius 3 is 2.70 bits per heavy atom. The molecular formula is C20H26N2O5. The molecule has 0 aromatic heterocycles. The minimum atomic E-state index is 0.0255. The third kappa shape index (κ3) is 4.18. The molecule has 0 aliphatic carbocycles. The summed E-state index contributed by atoms with van der Waals surface area (Å²) in [6, 6.07) is 5.34. The zero-order valence-electron chi connectivity index (χ0n) is 15.5. The number of likely N-dealkylation sites (tertiary alicyclic amines) is 1. The third-order valence-electron chi connectivity index (χ3n) is 5.56. The van der Waals surface area contributed by atoms with E-state index in [1.165, 1.54) is 0 Å². The molecule has 2 saturated heterocycles. The molecule has 2 amide bonds. The fourth-order valence-corrected chi connectivity index (χ4v) is 4.00. The Kier molecular flexibility index (Phi) is 5.48. The van der Waals surface area contributed by atoms with E-state index in [1.807, 2.05) is 9.80 Å². The van der Waals surface area contributed by atoms with Crippen molar-refractivity contribution in [2.24, 2.45) is 5.92 Å².